The van der Waals surface area contributed by atoms with Crippen LogP contribution in [0.3, 0.4) is 0 Å². The fourth-order valence-corrected chi connectivity index (χ4v) is 4.76. The van der Waals surface area contributed by atoms with Crippen molar-refractivity contribution in [1.29, 1.82) is 0 Å². The number of amides is 2. The first-order valence-corrected chi connectivity index (χ1v) is 12.2. The van der Waals surface area contributed by atoms with Crippen molar-refractivity contribution in [2.45, 2.75) is 6.42 Å². The number of hydrogen-bond donors (Lipinski definition) is 0. The third-order valence-electron chi connectivity index (χ3n) is 5.97. The smallest absolute Gasteiger partial charge is 0.268 e. The molecule has 176 valence electrons. The van der Waals surface area contributed by atoms with E-state index in [0.717, 1.165) is 16.7 Å². The van der Waals surface area contributed by atoms with E-state index >= 15 is 0 Å². The number of rotatable bonds is 5. The van der Waals surface area contributed by atoms with Gasteiger partial charge >= 0.3 is 0 Å². The summed E-state index contributed by atoms with van der Waals surface area (Å²) in [5.74, 6) is -0.924. The normalized spacial score (nSPS) is 13.8. The average Bonchev–Trinajstić information content (AvgIpc) is 2.90. The number of nitrogens with zero attached hydrogens (tertiary/aromatic N) is 2. The molecule has 0 aliphatic carbocycles. The van der Waals surface area contributed by atoms with Gasteiger partial charge in [0.25, 0.3) is 11.8 Å². The molecule has 2 amide bonds. The van der Waals surface area contributed by atoms with E-state index in [2.05, 4.69) is 0 Å². The predicted octanol–water partition coefficient (Wildman–Crippen LogP) is 6.68. The molecular weight excluding hydrogens is 488 g/mol. The standard InChI is InChI=1S/C30H21ClN2O2S/c31-27-18-10-9-13-23(27)19-21-11-7-8-12-22(21)20-26-28(34)32(24-14-3-1-4-15-24)30(36)33(29(26)35)25-16-5-2-6-17-25/h1-18,20H,19H2. The zero-order chi connectivity index (χ0) is 25.1. The van der Waals surface area contributed by atoms with Gasteiger partial charge in [-0.3, -0.25) is 19.4 Å². The first kappa shape index (κ1) is 23.7. The fourth-order valence-electron chi connectivity index (χ4n) is 4.18. The molecule has 1 saturated heterocycles. The molecule has 1 aliphatic heterocycles. The summed E-state index contributed by atoms with van der Waals surface area (Å²) < 4.78 is 0. The van der Waals surface area contributed by atoms with Crippen molar-refractivity contribution >= 4 is 58.2 Å². The third kappa shape index (κ3) is 4.59. The van der Waals surface area contributed by atoms with Crippen LogP contribution in [-0.2, 0) is 16.0 Å². The number of carbonyl (C=O) groups excluding carboxylic acids is 2. The van der Waals surface area contributed by atoms with Gasteiger partial charge in [0.2, 0.25) is 0 Å². The number of hydrogen-bond acceptors (Lipinski definition) is 3. The highest BCUT2D eigenvalue weighted by Gasteiger charge is 2.41. The van der Waals surface area contributed by atoms with Gasteiger partial charge in [0, 0.05) is 5.02 Å². The van der Waals surface area contributed by atoms with Crippen LogP contribution in [-0.4, -0.2) is 16.9 Å². The maximum Gasteiger partial charge on any atom is 0.270 e. The summed E-state index contributed by atoms with van der Waals surface area (Å²) in [6, 6.07) is 33.6. The van der Waals surface area contributed by atoms with Gasteiger partial charge in [-0.2, -0.15) is 0 Å². The average molecular weight is 509 g/mol. The summed E-state index contributed by atoms with van der Waals surface area (Å²) in [6.45, 7) is 0. The molecule has 0 aromatic heterocycles. The van der Waals surface area contributed by atoms with Gasteiger partial charge in [-0.1, -0.05) is 90.5 Å². The summed E-state index contributed by atoms with van der Waals surface area (Å²) in [6.07, 6.45) is 2.22. The Kier molecular flexibility index (Phi) is 6.76. The Morgan fingerprint density at radius 2 is 1.11 bits per heavy atom. The van der Waals surface area contributed by atoms with Gasteiger partial charge in [-0.15, -0.1) is 0 Å². The Bertz CT molecular complexity index is 1420. The topological polar surface area (TPSA) is 40.6 Å². The molecule has 1 heterocycles. The first-order chi connectivity index (χ1) is 17.5. The number of carbonyl (C=O) groups is 2. The number of para-hydroxylation sites is 2. The van der Waals surface area contributed by atoms with Crippen LogP contribution in [0.4, 0.5) is 11.4 Å². The minimum Gasteiger partial charge on any atom is -0.268 e. The van der Waals surface area contributed by atoms with Crippen molar-refractivity contribution in [2.24, 2.45) is 0 Å². The highest BCUT2D eigenvalue weighted by molar-refractivity contribution is 7.81. The lowest BCUT2D eigenvalue weighted by atomic mass is 9.97. The van der Waals surface area contributed by atoms with Crippen LogP contribution in [0.1, 0.15) is 16.7 Å². The molecule has 5 rings (SSSR count). The van der Waals surface area contributed by atoms with Gasteiger partial charge in [0.1, 0.15) is 5.57 Å². The van der Waals surface area contributed by atoms with Gasteiger partial charge in [0.05, 0.1) is 11.4 Å². The quantitative estimate of drug-likeness (QED) is 0.171. The molecule has 4 aromatic rings. The zero-order valence-electron chi connectivity index (χ0n) is 19.2. The van der Waals surface area contributed by atoms with Crippen molar-refractivity contribution < 1.29 is 9.59 Å². The van der Waals surface area contributed by atoms with Crippen LogP contribution in [0.2, 0.25) is 5.02 Å². The van der Waals surface area contributed by atoms with Crippen molar-refractivity contribution in [1.82, 2.24) is 0 Å². The molecule has 1 fully saturated rings. The van der Waals surface area contributed by atoms with Crippen molar-refractivity contribution in [2.75, 3.05) is 9.80 Å². The molecule has 0 N–H and O–H groups in total. The summed E-state index contributed by atoms with van der Waals surface area (Å²) >= 11 is 12.1. The molecule has 4 nitrogen and oxygen atoms in total. The molecule has 0 spiro atoms. The Morgan fingerprint density at radius 1 is 0.639 bits per heavy atom. The van der Waals surface area contributed by atoms with Crippen LogP contribution in [0.25, 0.3) is 6.08 Å². The van der Waals surface area contributed by atoms with E-state index in [9.17, 15) is 9.59 Å². The molecule has 0 unspecified atom stereocenters. The first-order valence-electron chi connectivity index (χ1n) is 11.4. The highest BCUT2D eigenvalue weighted by Crippen LogP contribution is 2.30. The Hall–Kier alpha value is -4.06. The van der Waals surface area contributed by atoms with Crippen LogP contribution in [0.5, 0.6) is 0 Å². The fraction of sp³-hybridized carbons (Fsp3) is 0.0333. The molecule has 0 atom stereocenters. The monoisotopic (exact) mass is 508 g/mol. The van der Waals surface area contributed by atoms with Crippen molar-refractivity contribution in [3.8, 4) is 0 Å². The number of thiocarbonyl (C=S) groups is 1. The van der Waals surface area contributed by atoms with E-state index in [4.69, 9.17) is 23.8 Å². The van der Waals surface area contributed by atoms with E-state index < -0.39 is 11.8 Å². The molecule has 4 aromatic carbocycles. The van der Waals surface area contributed by atoms with E-state index in [1.807, 2.05) is 84.9 Å². The van der Waals surface area contributed by atoms with E-state index in [0.29, 0.717) is 22.8 Å². The molecule has 0 bridgehead atoms. The maximum atomic E-state index is 13.8. The second-order valence-electron chi connectivity index (χ2n) is 8.26. The zero-order valence-corrected chi connectivity index (χ0v) is 20.7. The maximum absolute atomic E-state index is 13.8. The summed E-state index contributed by atoms with van der Waals surface area (Å²) in [7, 11) is 0. The molecular formula is C30H21ClN2O2S. The van der Waals surface area contributed by atoms with E-state index in [1.54, 1.807) is 30.3 Å². The summed E-state index contributed by atoms with van der Waals surface area (Å²) in [5.41, 5.74) is 3.90. The number of anilines is 2. The lowest BCUT2D eigenvalue weighted by Gasteiger charge is -2.36. The van der Waals surface area contributed by atoms with Crippen LogP contribution < -0.4 is 9.80 Å². The lowest BCUT2D eigenvalue weighted by Crippen LogP contribution is -2.56. The van der Waals surface area contributed by atoms with Gasteiger partial charge < -0.3 is 0 Å². The highest BCUT2D eigenvalue weighted by atomic mass is 35.5. The Labute approximate surface area is 220 Å². The molecule has 36 heavy (non-hydrogen) atoms. The van der Waals surface area contributed by atoms with E-state index in [-0.39, 0.29) is 10.7 Å². The summed E-state index contributed by atoms with van der Waals surface area (Å²) in [4.78, 5) is 30.3. The summed E-state index contributed by atoms with van der Waals surface area (Å²) in [5, 5.41) is 0.782. The molecule has 6 heteroatoms. The van der Waals surface area contributed by atoms with Crippen LogP contribution in [0, 0.1) is 0 Å². The Balaban J connectivity index is 1.62. The van der Waals surface area contributed by atoms with Crippen molar-refractivity contribution in [3.63, 3.8) is 0 Å². The Morgan fingerprint density at radius 3 is 1.67 bits per heavy atom. The van der Waals surface area contributed by atoms with Gasteiger partial charge in [-0.25, -0.2) is 0 Å². The van der Waals surface area contributed by atoms with Crippen LogP contribution in [0.15, 0.2) is 115 Å². The number of halogens is 1. The van der Waals surface area contributed by atoms with E-state index in [1.165, 1.54) is 9.80 Å². The second-order valence-corrected chi connectivity index (χ2v) is 9.03. The largest absolute Gasteiger partial charge is 0.270 e. The predicted molar refractivity (Wildman–Crippen MR) is 149 cm³/mol. The second kappa shape index (κ2) is 10.3. The molecule has 0 saturated carbocycles. The third-order valence-corrected chi connectivity index (χ3v) is 6.71. The van der Waals surface area contributed by atoms with Gasteiger partial charge in [-0.05, 0) is 71.7 Å². The lowest BCUT2D eigenvalue weighted by molar-refractivity contribution is -0.120. The van der Waals surface area contributed by atoms with Crippen LogP contribution >= 0.6 is 23.8 Å². The van der Waals surface area contributed by atoms with Crippen molar-refractivity contribution in [3.05, 3.63) is 136 Å². The minimum absolute atomic E-state index is 0.0305. The minimum atomic E-state index is -0.462. The molecule has 1 aliphatic rings. The number of benzene rings is 4. The SMILES string of the molecule is O=C1C(=Cc2ccccc2Cc2ccccc2Cl)C(=O)N(c2ccccc2)C(=S)N1c1ccccc1. The molecule has 0 radical (unpaired) electrons. The van der Waals surface area contributed by atoms with Gasteiger partial charge in [0.15, 0.2) is 5.11 Å².